The summed E-state index contributed by atoms with van der Waals surface area (Å²) in [5.74, 6) is 1.42. The molecule has 1 N–H and O–H groups in total. The van der Waals surface area contributed by atoms with Gasteiger partial charge in [0.2, 0.25) is 0 Å². The van der Waals surface area contributed by atoms with Crippen molar-refractivity contribution >= 4 is 0 Å². The maximum Gasteiger partial charge on any atom is 0.122 e. The van der Waals surface area contributed by atoms with Crippen LogP contribution in [0, 0.1) is 5.92 Å². The Balaban J connectivity index is 2.08. The number of methoxy groups -OCH3 is 1. The zero-order chi connectivity index (χ0) is 14.4. The summed E-state index contributed by atoms with van der Waals surface area (Å²) in [6, 6.07) is 8.18. The van der Waals surface area contributed by atoms with Gasteiger partial charge in [-0.15, -0.1) is 5.10 Å². The van der Waals surface area contributed by atoms with E-state index in [1.807, 2.05) is 32.4 Å². The molecule has 0 radical (unpaired) electrons. The lowest BCUT2D eigenvalue weighted by molar-refractivity contribution is 0.401. The number of hydrogen-bond donors (Lipinski definition) is 1. The van der Waals surface area contributed by atoms with E-state index in [4.69, 9.17) is 4.74 Å². The third-order valence-corrected chi connectivity index (χ3v) is 3.34. The van der Waals surface area contributed by atoms with Gasteiger partial charge in [0.15, 0.2) is 0 Å². The molecule has 2 aromatic rings. The molecule has 1 heterocycles. The van der Waals surface area contributed by atoms with Crippen molar-refractivity contribution in [3.05, 3.63) is 41.7 Å². The maximum atomic E-state index is 5.43. The van der Waals surface area contributed by atoms with Gasteiger partial charge < -0.3 is 10.1 Å². The number of aromatic nitrogens is 3. The molecule has 5 heteroatoms. The first-order valence-corrected chi connectivity index (χ1v) is 6.84. The third kappa shape index (κ3) is 3.81. The molecular formula is C15H22N4O. The summed E-state index contributed by atoms with van der Waals surface area (Å²) in [5.41, 5.74) is 2.27. The fourth-order valence-corrected chi connectivity index (χ4v) is 2.47. The van der Waals surface area contributed by atoms with E-state index in [1.165, 1.54) is 5.56 Å². The first-order chi connectivity index (χ1) is 9.72. The molecule has 0 aliphatic heterocycles. The van der Waals surface area contributed by atoms with Crippen LogP contribution in [0.15, 0.2) is 30.5 Å². The fraction of sp³-hybridized carbons (Fsp3) is 0.467. The topological polar surface area (TPSA) is 52.0 Å². The Labute approximate surface area is 120 Å². The molecule has 1 atom stereocenters. The highest BCUT2D eigenvalue weighted by Gasteiger charge is 2.14. The summed E-state index contributed by atoms with van der Waals surface area (Å²) in [5, 5.41) is 11.4. The first-order valence-electron chi connectivity index (χ1n) is 6.84. The summed E-state index contributed by atoms with van der Waals surface area (Å²) in [4.78, 5) is 0. The summed E-state index contributed by atoms with van der Waals surface area (Å²) >= 11 is 0. The average Bonchev–Trinajstić information content (AvgIpc) is 2.85. The van der Waals surface area contributed by atoms with E-state index in [1.54, 1.807) is 11.8 Å². The third-order valence-electron chi connectivity index (χ3n) is 3.34. The zero-order valence-electron chi connectivity index (χ0n) is 12.3. The van der Waals surface area contributed by atoms with Crippen molar-refractivity contribution in [1.29, 1.82) is 0 Å². The lowest BCUT2D eigenvalue weighted by atomic mass is 9.94. The summed E-state index contributed by atoms with van der Waals surface area (Å²) in [7, 11) is 5.59. The molecule has 1 aromatic heterocycles. The van der Waals surface area contributed by atoms with Crippen molar-refractivity contribution in [2.24, 2.45) is 13.0 Å². The van der Waals surface area contributed by atoms with Crippen LogP contribution in [-0.2, 0) is 19.9 Å². The minimum Gasteiger partial charge on any atom is -0.496 e. The van der Waals surface area contributed by atoms with Crippen LogP contribution in [0.1, 0.15) is 11.3 Å². The van der Waals surface area contributed by atoms with Gasteiger partial charge in [0.1, 0.15) is 5.75 Å². The molecule has 0 saturated carbocycles. The van der Waals surface area contributed by atoms with Gasteiger partial charge in [0, 0.05) is 13.2 Å². The van der Waals surface area contributed by atoms with Crippen molar-refractivity contribution in [2.75, 3.05) is 20.7 Å². The van der Waals surface area contributed by atoms with E-state index >= 15 is 0 Å². The molecule has 0 amide bonds. The number of hydrogen-bond acceptors (Lipinski definition) is 4. The Bertz CT molecular complexity index is 538. The molecule has 108 valence electrons. The van der Waals surface area contributed by atoms with E-state index in [0.717, 1.165) is 30.8 Å². The van der Waals surface area contributed by atoms with Crippen molar-refractivity contribution in [1.82, 2.24) is 20.3 Å². The van der Waals surface area contributed by atoms with E-state index in [9.17, 15) is 0 Å². The van der Waals surface area contributed by atoms with Gasteiger partial charge in [0.05, 0.1) is 12.8 Å². The predicted octanol–water partition coefficient (Wildman–Crippen LogP) is 1.44. The summed E-state index contributed by atoms with van der Waals surface area (Å²) in [6.07, 6.45) is 3.85. The second kappa shape index (κ2) is 7.05. The Morgan fingerprint density at radius 2 is 2.10 bits per heavy atom. The van der Waals surface area contributed by atoms with Gasteiger partial charge in [-0.05, 0) is 44.0 Å². The number of ether oxygens (including phenoxy) is 1. The van der Waals surface area contributed by atoms with Crippen LogP contribution in [0.4, 0.5) is 0 Å². The molecule has 1 unspecified atom stereocenters. The van der Waals surface area contributed by atoms with Crippen molar-refractivity contribution in [3.63, 3.8) is 0 Å². The van der Waals surface area contributed by atoms with Gasteiger partial charge in [-0.1, -0.05) is 23.4 Å². The maximum absolute atomic E-state index is 5.43. The number of benzene rings is 1. The van der Waals surface area contributed by atoms with E-state index in [2.05, 4.69) is 27.8 Å². The number of rotatable bonds is 7. The van der Waals surface area contributed by atoms with Crippen LogP contribution in [0.5, 0.6) is 5.75 Å². The smallest absolute Gasteiger partial charge is 0.122 e. The average molecular weight is 274 g/mol. The number of nitrogens with one attached hydrogen (secondary N) is 1. The van der Waals surface area contributed by atoms with Gasteiger partial charge in [0.25, 0.3) is 0 Å². The Kier molecular flexibility index (Phi) is 5.12. The number of aryl methyl sites for hydroxylation is 1. The molecular weight excluding hydrogens is 252 g/mol. The number of para-hydroxylation sites is 1. The van der Waals surface area contributed by atoms with E-state index < -0.39 is 0 Å². The Morgan fingerprint density at radius 3 is 2.75 bits per heavy atom. The quantitative estimate of drug-likeness (QED) is 0.830. The molecule has 0 bridgehead atoms. The van der Waals surface area contributed by atoms with Crippen LogP contribution in [0.2, 0.25) is 0 Å². The summed E-state index contributed by atoms with van der Waals surface area (Å²) in [6.45, 7) is 0.939. The Hall–Kier alpha value is -1.88. The molecule has 0 saturated heterocycles. The van der Waals surface area contributed by atoms with E-state index in [-0.39, 0.29) is 0 Å². The first kappa shape index (κ1) is 14.5. The monoisotopic (exact) mass is 274 g/mol. The molecule has 2 rings (SSSR count). The van der Waals surface area contributed by atoms with Gasteiger partial charge in [-0.2, -0.15) is 0 Å². The highest BCUT2D eigenvalue weighted by atomic mass is 16.5. The normalized spacial score (nSPS) is 12.3. The fourth-order valence-electron chi connectivity index (χ4n) is 2.47. The van der Waals surface area contributed by atoms with Crippen molar-refractivity contribution < 1.29 is 4.74 Å². The van der Waals surface area contributed by atoms with Gasteiger partial charge >= 0.3 is 0 Å². The van der Waals surface area contributed by atoms with Crippen molar-refractivity contribution in [2.45, 2.75) is 12.8 Å². The van der Waals surface area contributed by atoms with Crippen LogP contribution in [0.3, 0.4) is 0 Å². The molecule has 0 aliphatic rings. The predicted molar refractivity (Wildman–Crippen MR) is 78.8 cm³/mol. The van der Waals surface area contributed by atoms with Gasteiger partial charge in [-0.25, -0.2) is 0 Å². The molecule has 5 nitrogen and oxygen atoms in total. The van der Waals surface area contributed by atoms with Crippen LogP contribution >= 0.6 is 0 Å². The Morgan fingerprint density at radius 1 is 1.30 bits per heavy atom. The lowest BCUT2D eigenvalue weighted by Gasteiger charge is -2.17. The zero-order valence-corrected chi connectivity index (χ0v) is 12.3. The van der Waals surface area contributed by atoms with E-state index in [0.29, 0.717) is 5.92 Å². The molecule has 0 aliphatic carbocycles. The highest BCUT2D eigenvalue weighted by molar-refractivity contribution is 5.33. The van der Waals surface area contributed by atoms with Crippen LogP contribution in [0.25, 0.3) is 0 Å². The van der Waals surface area contributed by atoms with Crippen molar-refractivity contribution in [3.8, 4) is 5.75 Å². The minimum atomic E-state index is 0.466. The standard InChI is InChI=1S/C15H22N4O/c1-16-10-12(9-14-11-19(2)18-17-14)8-13-6-4-5-7-15(13)20-3/h4-7,11-12,16H,8-10H2,1-3H3. The second-order valence-corrected chi connectivity index (χ2v) is 5.03. The second-order valence-electron chi connectivity index (χ2n) is 5.03. The SMILES string of the molecule is CNCC(Cc1cn(C)nn1)Cc1ccccc1OC. The van der Waals surface area contributed by atoms with Gasteiger partial charge in [-0.3, -0.25) is 4.68 Å². The highest BCUT2D eigenvalue weighted by Crippen LogP contribution is 2.22. The lowest BCUT2D eigenvalue weighted by Crippen LogP contribution is -2.23. The molecule has 0 spiro atoms. The number of nitrogens with zero attached hydrogens (tertiary/aromatic N) is 3. The van der Waals surface area contributed by atoms with Crippen LogP contribution in [-0.4, -0.2) is 35.7 Å². The summed E-state index contributed by atoms with van der Waals surface area (Å²) < 4.78 is 7.17. The molecule has 20 heavy (non-hydrogen) atoms. The molecule has 1 aromatic carbocycles. The largest absolute Gasteiger partial charge is 0.496 e. The minimum absolute atomic E-state index is 0.466. The van der Waals surface area contributed by atoms with Crippen LogP contribution < -0.4 is 10.1 Å². The molecule has 0 fully saturated rings.